The average molecular weight is 191 g/mol. The van der Waals surface area contributed by atoms with Crippen LogP contribution in [0.25, 0.3) is 0 Å². The molecule has 0 unspecified atom stereocenters. The summed E-state index contributed by atoms with van der Waals surface area (Å²) in [7, 11) is 0. The average Bonchev–Trinajstić information content (AvgIpc) is 2.50. The fourth-order valence-corrected chi connectivity index (χ4v) is 1.42. The second kappa shape index (κ2) is 2.73. The third-order valence-corrected chi connectivity index (χ3v) is 1.97. The van der Waals surface area contributed by atoms with Gasteiger partial charge in [0.2, 0.25) is 0 Å². The number of rotatable bonds is 1. The topological polar surface area (TPSA) is 29.9 Å². The van der Waals surface area contributed by atoms with Crippen molar-refractivity contribution in [2.75, 3.05) is 0 Å². The summed E-state index contributed by atoms with van der Waals surface area (Å²) in [5.74, 6) is 0. The Hall–Kier alpha value is -1.04. The van der Waals surface area contributed by atoms with Crippen LogP contribution in [0.1, 0.15) is 11.3 Å². The van der Waals surface area contributed by atoms with Gasteiger partial charge in [-0.25, -0.2) is 0 Å². The lowest BCUT2D eigenvalue weighted by molar-refractivity contribution is -0.143. The first-order chi connectivity index (χ1) is 6.06. The number of alkyl halides is 3. The molecule has 0 bridgehead atoms. The summed E-state index contributed by atoms with van der Waals surface area (Å²) in [5, 5.41) is 6.65. The lowest BCUT2D eigenvalue weighted by Gasteiger charge is -2.08. The van der Waals surface area contributed by atoms with Crippen LogP contribution in [0.5, 0.6) is 0 Å². The number of halogens is 3. The van der Waals surface area contributed by atoms with Crippen LogP contribution in [0.2, 0.25) is 0 Å². The molecule has 1 aliphatic rings. The van der Waals surface area contributed by atoms with Gasteiger partial charge in [0, 0.05) is 18.7 Å². The minimum absolute atomic E-state index is 0.478. The Morgan fingerprint density at radius 1 is 1.46 bits per heavy atom. The monoisotopic (exact) mass is 191 g/mol. The molecule has 13 heavy (non-hydrogen) atoms. The van der Waals surface area contributed by atoms with Crippen LogP contribution in [-0.2, 0) is 19.6 Å². The summed E-state index contributed by atoms with van der Waals surface area (Å²) in [6.45, 7) is 0.0998. The third-order valence-electron chi connectivity index (χ3n) is 1.97. The third kappa shape index (κ3) is 1.67. The summed E-state index contributed by atoms with van der Waals surface area (Å²) in [6.07, 6.45) is -2.70. The van der Waals surface area contributed by atoms with Gasteiger partial charge in [0.1, 0.15) is 6.54 Å². The van der Waals surface area contributed by atoms with Gasteiger partial charge in [0.05, 0.1) is 11.9 Å². The maximum Gasteiger partial charge on any atom is 0.408 e. The van der Waals surface area contributed by atoms with Crippen molar-refractivity contribution in [2.45, 2.75) is 25.8 Å². The number of hydrogen-bond acceptors (Lipinski definition) is 2. The molecule has 1 N–H and O–H groups in total. The Morgan fingerprint density at radius 3 is 2.92 bits per heavy atom. The normalized spacial score (nSPS) is 16.2. The molecule has 2 heterocycles. The Kier molecular flexibility index (Phi) is 1.80. The quantitative estimate of drug-likeness (QED) is 0.719. The predicted octanol–water partition coefficient (Wildman–Crippen LogP) is 1.05. The lowest BCUT2D eigenvalue weighted by atomic mass is 10.3. The summed E-state index contributed by atoms with van der Waals surface area (Å²) < 4.78 is 37.0. The summed E-state index contributed by atoms with van der Waals surface area (Å²) in [6, 6.07) is 0. The zero-order valence-electron chi connectivity index (χ0n) is 6.73. The zero-order valence-corrected chi connectivity index (χ0v) is 6.73. The Labute approximate surface area is 72.5 Å². The Bertz CT molecular complexity index is 315. The van der Waals surface area contributed by atoms with Crippen molar-refractivity contribution in [1.29, 1.82) is 0 Å². The lowest BCUT2D eigenvalue weighted by Crippen LogP contribution is -2.20. The van der Waals surface area contributed by atoms with Gasteiger partial charge in [-0.3, -0.25) is 4.68 Å². The van der Waals surface area contributed by atoms with Gasteiger partial charge in [-0.1, -0.05) is 0 Å². The molecule has 1 aliphatic heterocycles. The minimum Gasteiger partial charge on any atom is -0.307 e. The molecule has 0 atom stereocenters. The maximum atomic E-state index is 12.0. The van der Waals surface area contributed by atoms with Crippen molar-refractivity contribution < 1.29 is 13.2 Å². The van der Waals surface area contributed by atoms with Crippen LogP contribution >= 0.6 is 0 Å². The van der Waals surface area contributed by atoms with E-state index in [0.717, 1.165) is 10.2 Å². The summed E-state index contributed by atoms with van der Waals surface area (Å²) in [5.41, 5.74) is 1.52. The Balaban J connectivity index is 2.22. The van der Waals surface area contributed by atoms with E-state index in [-0.39, 0.29) is 0 Å². The van der Waals surface area contributed by atoms with E-state index in [0.29, 0.717) is 18.8 Å². The highest BCUT2D eigenvalue weighted by molar-refractivity contribution is 5.21. The van der Waals surface area contributed by atoms with Gasteiger partial charge in [-0.2, -0.15) is 18.3 Å². The molecule has 1 aromatic rings. The number of hydrogen-bond donors (Lipinski definition) is 1. The van der Waals surface area contributed by atoms with Crippen LogP contribution in [0.15, 0.2) is 6.20 Å². The van der Waals surface area contributed by atoms with Crippen LogP contribution in [-0.4, -0.2) is 16.0 Å². The second-order valence-corrected chi connectivity index (χ2v) is 2.99. The fourth-order valence-electron chi connectivity index (χ4n) is 1.42. The maximum absolute atomic E-state index is 12.0. The highest BCUT2D eigenvalue weighted by atomic mass is 19.4. The molecule has 0 saturated heterocycles. The fraction of sp³-hybridized carbons (Fsp3) is 0.571. The number of nitrogens with zero attached hydrogens (tertiary/aromatic N) is 2. The minimum atomic E-state index is -4.19. The molecular weight excluding hydrogens is 183 g/mol. The van der Waals surface area contributed by atoms with Crippen LogP contribution in [0.3, 0.4) is 0 Å². The SMILES string of the molecule is FC(F)(F)Cn1ncc2c1CNC2. The van der Waals surface area contributed by atoms with Crippen molar-refractivity contribution in [1.82, 2.24) is 15.1 Å². The van der Waals surface area contributed by atoms with Crippen LogP contribution in [0.4, 0.5) is 13.2 Å². The molecular formula is C7H8F3N3. The summed E-state index contributed by atoms with van der Waals surface area (Å²) >= 11 is 0. The second-order valence-electron chi connectivity index (χ2n) is 2.99. The number of nitrogens with one attached hydrogen (secondary N) is 1. The van der Waals surface area contributed by atoms with Gasteiger partial charge >= 0.3 is 6.18 Å². The van der Waals surface area contributed by atoms with Gasteiger partial charge in [0.15, 0.2) is 0 Å². The molecule has 0 aliphatic carbocycles. The molecule has 6 heteroatoms. The van der Waals surface area contributed by atoms with Crippen LogP contribution < -0.4 is 5.32 Å². The first-order valence-corrected chi connectivity index (χ1v) is 3.87. The van der Waals surface area contributed by atoms with E-state index in [2.05, 4.69) is 10.4 Å². The number of aromatic nitrogens is 2. The molecule has 0 aromatic carbocycles. The van der Waals surface area contributed by atoms with Gasteiger partial charge in [-0.15, -0.1) is 0 Å². The smallest absolute Gasteiger partial charge is 0.307 e. The zero-order chi connectivity index (χ0) is 9.47. The van der Waals surface area contributed by atoms with Crippen molar-refractivity contribution in [3.63, 3.8) is 0 Å². The molecule has 1 aromatic heterocycles. The molecule has 72 valence electrons. The molecule has 0 saturated carbocycles. The number of fused-ring (bicyclic) bond motifs is 1. The van der Waals surface area contributed by atoms with Crippen molar-refractivity contribution in [3.8, 4) is 0 Å². The predicted molar refractivity (Wildman–Crippen MR) is 38.8 cm³/mol. The van der Waals surface area contributed by atoms with E-state index in [1.807, 2.05) is 0 Å². The first-order valence-electron chi connectivity index (χ1n) is 3.87. The highest BCUT2D eigenvalue weighted by Gasteiger charge is 2.30. The standard InChI is InChI=1S/C7H8F3N3/c8-7(9,10)4-13-6-3-11-1-5(6)2-12-13/h2,11H,1,3-4H2. The van der Waals surface area contributed by atoms with Gasteiger partial charge < -0.3 is 5.32 Å². The molecule has 2 rings (SSSR count). The van der Waals surface area contributed by atoms with E-state index >= 15 is 0 Å². The van der Waals surface area contributed by atoms with Gasteiger partial charge in [0.25, 0.3) is 0 Å². The molecule has 0 amide bonds. The van der Waals surface area contributed by atoms with E-state index in [4.69, 9.17) is 0 Å². The largest absolute Gasteiger partial charge is 0.408 e. The molecule has 3 nitrogen and oxygen atoms in total. The van der Waals surface area contributed by atoms with Crippen molar-refractivity contribution in [2.24, 2.45) is 0 Å². The molecule has 0 radical (unpaired) electrons. The van der Waals surface area contributed by atoms with E-state index < -0.39 is 12.7 Å². The molecule has 0 spiro atoms. The Morgan fingerprint density at radius 2 is 2.23 bits per heavy atom. The van der Waals surface area contributed by atoms with E-state index in [1.165, 1.54) is 6.20 Å². The molecule has 0 fully saturated rings. The van der Waals surface area contributed by atoms with Crippen molar-refractivity contribution >= 4 is 0 Å². The van der Waals surface area contributed by atoms with E-state index in [9.17, 15) is 13.2 Å². The van der Waals surface area contributed by atoms with Crippen molar-refractivity contribution in [3.05, 3.63) is 17.5 Å². The van der Waals surface area contributed by atoms with Gasteiger partial charge in [-0.05, 0) is 0 Å². The highest BCUT2D eigenvalue weighted by Crippen LogP contribution is 2.21. The van der Waals surface area contributed by atoms with E-state index in [1.54, 1.807) is 0 Å². The van der Waals surface area contributed by atoms with Crippen LogP contribution in [0, 0.1) is 0 Å². The first kappa shape index (κ1) is 8.55. The summed E-state index contributed by atoms with van der Waals surface area (Å²) in [4.78, 5) is 0.